The maximum Gasteiger partial charge on any atom is 0.146 e. The molecule has 5 heteroatoms. The fourth-order valence-electron chi connectivity index (χ4n) is 2.21. The molecule has 2 aromatic rings. The van der Waals surface area contributed by atoms with E-state index in [0.29, 0.717) is 16.7 Å². The molecule has 2 rings (SSSR count). The van der Waals surface area contributed by atoms with Gasteiger partial charge in [-0.3, -0.25) is 0 Å². The summed E-state index contributed by atoms with van der Waals surface area (Å²) >= 11 is 0. The summed E-state index contributed by atoms with van der Waals surface area (Å²) in [4.78, 5) is 10.8. The van der Waals surface area contributed by atoms with Gasteiger partial charge in [-0.1, -0.05) is 12.1 Å². The molecule has 0 saturated heterocycles. The minimum Gasteiger partial charge on any atom is -0.505 e. The van der Waals surface area contributed by atoms with Crippen LogP contribution in [0.5, 0.6) is 11.5 Å². The fourth-order valence-corrected chi connectivity index (χ4v) is 2.21. The van der Waals surface area contributed by atoms with Crippen LogP contribution in [0.4, 0.5) is 11.4 Å². The van der Waals surface area contributed by atoms with Crippen molar-refractivity contribution >= 4 is 17.7 Å². The van der Waals surface area contributed by atoms with E-state index < -0.39 is 0 Å². The topological polar surface area (TPSA) is 110 Å². The minimum atomic E-state index is -0.159. The Kier molecular flexibility index (Phi) is 3.52. The molecule has 5 nitrogen and oxygen atoms in total. The standard InChI is InChI=1S/C15H16N2O3/c1-8-2-4-10(16)14(19)12(8)13-9(6-7-18)3-5-11(17)15(13)20/h2-5,7,19-20H,6,16-17H2,1H3. The van der Waals surface area contributed by atoms with Crippen LogP contribution >= 0.6 is 0 Å². The molecule has 6 N–H and O–H groups in total. The second-order valence-electron chi connectivity index (χ2n) is 4.60. The van der Waals surface area contributed by atoms with Crippen molar-refractivity contribution < 1.29 is 15.0 Å². The van der Waals surface area contributed by atoms with E-state index in [4.69, 9.17) is 11.5 Å². The van der Waals surface area contributed by atoms with Crippen LogP contribution in [0.1, 0.15) is 11.1 Å². The zero-order valence-corrected chi connectivity index (χ0v) is 11.1. The molecule has 104 valence electrons. The molecule has 0 radical (unpaired) electrons. The maximum absolute atomic E-state index is 10.8. The van der Waals surface area contributed by atoms with Gasteiger partial charge in [0, 0.05) is 17.5 Å². The average Bonchev–Trinajstić information content (AvgIpc) is 2.42. The second kappa shape index (κ2) is 5.13. The quantitative estimate of drug-likeness (QED) is 0.388. The van der Waals surface area contributed by atoms with Gasteiger partial charge in [-0.15, -0.1) is 0 Å². The number of nitrogen functional groups attached to an aromatic ring is 2. The van der Waals surface area contributed by atoms with Crippen molar-refractivity contribution in [2.75, 3.05) is 11.5 Å². The first-order chi connectivity index (χ1) is 9.47. The lowest BCUT2D eigenvalue weighted by Gasteiger charge is -2.16. The van der Waals surface area contributed by atoms with Crippen LogP contribution in [0.15, 0.2) is 24.3 Å². The second-order valence-corrected chi connectivity index (χ2v) is 4.60. The number of anilines is 2. The van der Waals surface area contributed by atoms with Gasteiger partial charge in [0.1, 0.15) is 17.8 Å². The summed E-state index contributed by atoms with van der Waals surface area (Å²) in [6, 6.07) is 6.49. The molecule has 2 aromatic carbocycles. The Morgan fingerprint density at radius 2 is 1.55 bits per heavy atom. The Morgan fingerprint density at radius 1 is 1.00 bits per heavy atom. The Balaban J connectivity index is 2.84. The Bertz CT molecular complexity index is 681. The van der Waals surface area contributed by atoms with Crippen molar-refractivity contribution in [3.63, 3.8) is 0 Å². The number of phenols is 2. The van der Waals surface area contributed by atoms with Gasteiger partial charge in [0.15, 0.2) is 0 Å². The third kappa shape index (κ3) is 2.14. The Labute approximate surface area is 116 Å². The summed E-state index contributed by atoms with van der Waals surface area (Å²) in [5.41, 5.74) is 13.8. The molecule has 0 spiro atoms. The number of benzene rings is 2. The van der Waals surface area contributed by atoms with Crippen LogP contribution < -0.4 is 11.5 Å². The van der Waals surface area contributed by atoms with E-state index in [1.54, 1.807) is 25.1 Å². The molecule has 0 saturated carbocycles. The van der Waals surface area contributed by atoms with Gasteiger partial charge >= 0.3 is 0 Å². The molecule has 0 heterocycles. The summed E-state index contributed by atoms with van der Waals surface area (Å²) in [6.07, 6.45) is 0.837. The number of phenolic OH excluding ortho intramolecular Hbond substituents is 2. The number of carbonyl (C=O) groups is 1. The number of aromatic hydroxyl groups is 2. The van der Waals surface area contributed by atoms with Crippen molar-refractivity contribution in [1.29, 1.82) is 0 Å². The van der Waals surface area contributed by atoms with Crippen LogP contribution in [0, 0.1) is 6.92 Å². The lowest BCUT2D eigenvalue weighted by Crippen LogP contribution is -1.98. The molecule has 0 aromatic heterocycles. The van der Waals surface area contributed by atoms with Crippen molar-refractivity contribution in [3.05, 3.63) is 35.4 Å². The first kappa shape index (κ1) is 13.7. The van der Waals surface area contributed by atoms with E-state index >= 15 is 0 Å². The van der Waals surface area contributed by atoms with E-state index in [1.807, 2.05) is 0 Å². The number of aldehydes is 1. The van der Waals surface area contributed by atoms with Crippen molar-refractivity contribution in [1.82, 2.24) is 0 Å². The van der Waals surface area contributed by atoms with E-state index in [9.17, 15) is 15.0 Å². The molecule has 0 aliphatic rings. The van der Waals surface area contributed by atoms with Gasteiger partial charge in [-0.05, 0) is 30.2 Å². The SMILES string of the molecule is Cc1ccc(N)c(O)c1-c1c(CC=O)ccc(N)c1O. The van der Waals surface area contributed by atoms with Gasteiger partial charge in [0.2, 0.25) is 0 Å². The highest BCUT2D eigenvalue weighted by molar-refractivity contribution is 5.88. The highest BCUT2D eigenvalue weighted by Crippen LogP contribution is 2.44. The smallest absolute Gasteiger partial charge is 0.146 e. The number of rotatable bonds is 3. The van der Waals surface area contributed by atoms with Gasteiger partial charge in [-0.2, -0.15) is 0 Å². The van der Waals surface area contributed by atoms with Gasteiger partial charge in [-0.25, -0.2) is 0 Å². The molecule has 0 amide bonds. The summed E-state index contributed by atoms with van der Waals surface area (Å²) in [5.74, 6) is -0.286. The molecule has 20 heavy (non-hydrogen) atoms. The maximum atomic E-state index is 10.8. The average molecular weight is 272 g/mol. The predicted molar refractivity (Wildman–Crippen MR) is 78.5 cm³/mol. The Hall–Kier alpha value is -2.69. The molecule has 0 unspecified atom stereocenters. The lowest BCUT2D eigenvalue weighted by molar-refractivity contribution is -0.107. The molecular weight excluding hydrogens is 256 g/mol. The third-order valence-corrected chi connectivity index (χ3v) is 3.27. The first-order valence-corrected chi connectivity index (χ1v) is 6.09. The van der Waals surface area contributed by atoms with Crippen LogP contribution in [-0.4, -0.2) is 16.5 Å². The Morgan fingerprint density at radius 3 is 2.15 bits per heavy atom. The number of carbonyl (C=O) groups excluding carboxylic acids is 1. The van der Waals surface area contributed by atoms with Crippen molar-refractivity contribution in [2.45, 2.75) is 13.3 Å². The first-order valence-electron chi connectivity index (χ1n) is 6.09. The van der Waals surface area contributed by atoms with E-state index in [1.165, 1.54) is 6.07 Å². The van der Waals surface area contributed by atoms with E-state index in [-0.39, 0.29) is 29.3 Å². The summed E-state index contributed by atoms with van der Waals surface area (Å²) in [5, 5.41) is 20.4. The van der Waals surface area contributed by atoms with Crippen LogP contribution in [0.3, 0.4) is 0 Å². The number of hydrogen-bond donors (Lipinski definition) is 4. The third-order valence-electron chi connectivity index (χ3n) is 3.27. The van der Waals surface area contributed by atoms with Crippen LogP contribution in [0.25, 0.3) is 11.1 Å². The normalized spacial score (nSPS) is 10.4. The summed E-state index contributed by atoms with van der Waals surface area (Å²) in [6.45, 7) is 1.78. The summed E-state index contributed by atoms with van der Waals surface area (Å²) in [7, 11) is 0. The molecule has 0 atom stereocenters. The monoisotopic (exact) mass is 272 g/mol. The lowest BCUT2D eigenvalue weighted by atomic mass is 9.92. The number of aryl methyl sites for hydroxylation is 1. The summed E-state index contributed by atoms with van der Waals surface area (Å²) < 4.78 is 0. The van der Waals surface area contributed by atoms with Crippen molar-refractivity contribution in [2.24, 2.45) is 0 Å². The van der Waals surface area contributed by atoms with Gasteiger partial charge < -0.3 is 26.5 Å². The number of hydrogen-bond acceptors (Lipinski definition) is 5. The number of nitrogens with two attached hydrogens (primary N) is 2. The van der Waals surface area contributed by atoms with E-state index in [0.717, 1.165) is 11.8 Å². The van der Waals surface area contributed by atoms with Crippen LogP contribution in [0.2, 0.25) is 0 Å². The fraction of sp³-hybridized carbons (Fsp3) is 0.133. The molecular formula is C15H16N2O3. The molecule has 0 aliphatic carbocycles. The van der Waals surface area contributed by atoms with Crippen LogP contribution in [-0.2, 0) is 11.2 Å². The minimum absolute atomic E-state index is 0.108. The zero-order chi connectivity index (χ0) is 14.9. The van der Waals surface area contributed by atoms with E-state index in [2.05, 4.69) is 0 Å². The largest absolute Gasteiger partial charge is 0.505 e. The molecule has 0 aliphatic heterocycles. The van der Waals surface area contributed by atoms with Gasteiger partial charge in [0.05, 0.1) is 11.4 Å². The predicted octanol–water partition coefficient (Wildman–Crippen LogP) is 1.98. The highest BCUT2D eigenvalue weighted by atomic mass is 16.3. The van der Waals surface area contributed by atoms with Gasteiger partial charge in [0.25, 0.3) is 0 Å². The molecule has 0 bridgehead atoms. The highest BCUT2D eigenvalue weighted by Gasteiger charge is 2.19. The van der Waals surface area contributed by atoms with Crippen molar-refractivity contribution in [3.8, 4) is 22.6 Å². The zero-order valence-electron chi connectivity index (χ0n) is 11.1. The molecule has 0 fully saturated rings.